The molecule has 0 radical (unpaired) electrons. The Morgan fingerprint density at radius 3 is 2.43 bits per heavy atom. The fourth-order valence-corrected chi connectivity index (χ4v) is 1.12. The second kappa shape index (κ2) is 5.68. The number of amides is 2. The lowest BCUT2D eigenvalue weighted by molar-refractivity contribution is 0.155. The quantitative estimate of drug-likeness (QED) is 0.691. The van der Waals surface area contributed by atoms with Crippen LogP contribution in [0.5, 0.6) is 0 Å². The lowest BCUT2D eigenvalue weighted by Crippen LogP contribution is -2.50. The van der Waals surface area contributed by atoms with E-state index >= 15 is 0 Å². The second-order valence-corrected chi connectivity index (χ2v) is 4.30. The summed E-state index contributed by atoms with van der Waals surface area (Å²) in [4.78, 5) is 13.5. The lowest BCUT2D eigenvalue weighted by atomic mass is 10.1. The van der Waals surface area contributed by atoms with Gasteiger partial charge in [0.2, 0.25) is 0 Å². The summed E-state index contributed by atoms with van der Waals surface area (Å²) in [5.74, 6) is 0. The number of carbonyl (C=O) groups excluding carboxylic acids is 1. The predicted molar refractivity (Wildman–Crippen MR) is 60.3 cm³/mol. The maximum absolute atomic E-state index is 11.7. The van der Waals surface area contributed by atoms with Gasteiger partial charge in [-0.2, -0.15) is 0 Å². The van der Waals surface area contributed by atoms with E-state index in [4.69, 9.17) is 0 Å². The molecule has 0 unspecified atom stereocenters. The molecule has 0 aliphatic rings. The largest absolute Gasteiger partial charge is 0.338 e. The first kappa shape index (κ1) is 13.0. The van der Waals surface area contributed by atoms with Gasteiger partial charge >= 0.3 is 6.03 Å². The molecule has 0 bridgehead atoms. The molecule has 0 aromatic heterocycles. The van der Waals surface area contributed by atoms with Crippen LogP contribution in [0.2, 0.25) is 0 Å². The third kappa shape index (κ3) is 4.30. The molecule has 0 aliphatic heterocycles. The zero-order chi connectivity index (χ0) is 11.2. The summed E-state index contributed by atoms with van der Waals surface area (Å²) in [5, 5.41) is 2.86. The Balaban J connectivity index is 4.33. The molecule has 0 saturated heterocycles. The molecule has 0 heterocycles. The van der Waals surface area contributed by atoms with Gasteiger partial charge in [0, 0.05) is 18.6 Å². The highest BCUT2D eigenvalue weighted by Crippen LogP contribution is 2.12. The highest BCUT2D eigenvalue weighted by molar-refractivity contribution is 5.75. The van der Waals surface area contributed by atoms with Crippen molar-refractivity contribution < 1.29 is 4.79 Å². The Kier molecular flexibility index (Phi) is 5.28. The van der Waals surface area contributed by atoms with Gasteiger partial charge in [-0.1, -0.05) is 13.0 Å². The molecule has 0 fully saturated rings. The van der Waals surface area contributed by atoms with Crippen LogP contribution in [0, 0.1) is 0 Å². The van der Waals surface area contributed by atoms with Crippen LogP contribution < -0.4 is 5.32 Å². The zero-order valence-electron chi connectivity index (χ0n) is 9.76. The molecular formula is C11H22N2O. The van der Waals surface area contributed by atoms with E-state index < -0.39 is 0 Å². The van der Waals surface area contributed by atoms with Crippen LogP contribution in [-0.2, 0) is 0 Å². The summed E-state index contributed by atoms with van der Waals surface area (Å²) in [6.45, 7) is 13.0. The third-order valence-corrected chi connectivity index (χ3v) is 1.89. The van der Waals surface area contributed by atoms with E-state index in [1.165, 1.54) is 0 Å². The van der Waals surface area contributed by atoms with Crippen LogP contribution in [0.15, 0.2) is 12.7 Å². The summed E-state index contributed by atoms with van der Waals surface area (Å²) < 4.78 is 0. The van der Waals surface area contributed by atoms with Crippen molar-refractivity contribution in [1.29, 1.82) is 0 Å². The van der Waals surface area contributed by atoms with Gasteiger partial charge in [0.05, 0.1) is 0 Å². The first-order valence-electron chi connectivity index (χ1n) is 5.09. The summed E-state index contributed by atoms with van der Waals surface area (Å²) in [6, 6.07) is -0.0146. The van der Waals surface area contributed by atoms with Gasteiger partial charge in [0.15, 0.2) is 0 Å². The first-order chi connectivity index (χ1) is 6.43. The van der Waals surface area contributed by atoms with E-state index in [1.54, 1.807) is 11.0 Å². The molecule has 0 rings (SSSR count). The molecule has 0 spiro atoms. The van der Waals surface area contributed by atoms with Crippen molar-refractivity contribution in [2.24, 2.45) is 0 Å². The van der Waals surface area contributed by atoms with Crippen LogP contribution in [0.4, 0.5) is 4.79 Å². The molecule has 14 heavy (non-hydrogen) atoms. The number of carbonyl (C=O) groups is 1. The topological polar surface area (TPSA) is 32.3 Å². The Hall–Kier alpha value is -0.990. The van der Waals surface area contributed by atoms with Crippen LogP contribution in [0.25, 0.3) is 0 Å². The lowest BCUT2D eigenvalue weighted by Gasteiger charge is -2.34. The SMILES string of the molecule is C=CCN(C(=O)NCCC)C(C)(C)C. The van der Waals surface area contributed by atoms with Crippen molar-refractivity contribution in [3.05, 3.63) is 12.7 Å². The van der Waals surface area contributed by atoms with Crippen molar-refractivity contribution in [3.8, 4) is 0 Å². The average molecular weight is 198 g/mol. The highest BCUT2D eigenvalue weighted by atomic mass is 16.2. The van der Waals surface area contributed by atoms with Crippen molar-refractivity contribution in [1.82, 2.24) is 10.2 Å². The predicted octanol–water partition coefficient (Wildman–Crippen LogP) is 2.39. The van der Waals surface area contributed by atoms with Crippen LogP contribution >= 0.6 is 0 Å². The Morgan fingerprint density at radius 1 is 1.50 bits per heavy atom. The Bertz CT molecular complexity index is 194. The third-order valence-electron chi connectivity index (χ3n) is 1.89. The van der Waals surface area contributed by atoms with Gasteiger partial charge < -0.3 is 10.2 Å². The molecule has 3 heteroatoms. The Morgan fingerprint density at radius 2 is 2.07 bits per heavy atom. The van der Waals surface area contributed by atoms with Crippen LogP contribution in [0.1, 0.15) is 34.1 Å². The van der Waals surface area contributed by atoms with Gasteiger partial charge in [0.1, 0.15) is 0 Å². The Labute approximate surface area is 87.2 Å². The van der Waals surface area contributed by atoms with Gasteiger partial charge in [-0.15, -0.1) is 6.58 Å². The standard InChI is InChI=1S/C11H22N2O/c1-6-8-12-10(14)13(9-7-2)11(3,4)5/h7H,2,6,8-9H2,1,3-5H3,(H,12,14). The highest BCUT2D eigenvalue weighted by Gasteiger charge is 2.24. The number of hydrogen-bond acceptors (Lipinski definition) is 1. The molecular weight excluding hydrogens is 176 g/mol. The van der Waals surface area contributed by atoms with Gasteiger partial charge in [-0.3, -0.25) is 0 Å². The first-order valence-corrected chi connectivity index (χ1v) is 5.09. The molecule has 0 saturated carbocycles. The molecule has 0 aromatic rings. The van der Waals surface area contributed by atoms with E-state index in [0.29, 0.717) is 6.54 Å². The van der Waals surface area contributed by atoms with E-state index in [1.807, 2.05) is 27.7 Å². The zero-order valence-corrected chi connectivity index (χ0v) is 9.76. The van der Waals surface area contributed by atoms with E-state index in [2.05, 4.69) is 11.9 Å². The molecule has 82 valence electrons. The van der Waals surface area contributed by atoms with Gasteiger partial charge in [0.25, 0.3) is 0 Å². The monoisotopic (exact) mass is 198 g/mol. The van der Waals surface area contributed by atoms with Gasteiger partial charge in [-0.05, 0) is 27.2 Å². The summed E-state index contributed by atoms with van der Waals surface area (Å²) in [5.41, 5.74) is -0.161. The van der Waals surface area contributed by atoms with E-state index in [0.717, 1.165) is 13.0 Å². The summed E-state index contributed by atoms with van der Waals surface area (Å²) in [6.07, 6.45) is 2.70. The van der Waals surface area contributed by atoms with Crippen LogP contribution in [-0.4, -0.2) is 29.6 Å². The van der Waals surface area contributed by atoms with Crippen molar-refractivity contribution >= 4 is 6.03 Å². The van der Waals surface area contributed by atoms with Crippen molar-refractivity contribution in [3.63, 3.8) is 0 Å². The van der Waals surface area contributed by atoms with Gasteiger partial charge in [-0.25, -0.2) is 4.79 Å². The van der Waals surface area contributed by atoms with Crippen LogP contribution in [0.3, 0.4) is 0 Å². The number of rotatable bonds is 4. The normalized spacial score (nSPS) is 10.9. The fraction of sp³-hybridized carbons (Fsp3) is 0.727. The average Bonchev–Trinajstić information content (AvgIpc) is 2.08. The van der Waals surface area contributed by atoms with E-state index in [-0.39, 0.29) is 11.6 Å². The molecule has 0 aliphatic carbocycles. The van der Waals surface area contributed by atoms with E-state index in [9.17, 15) is 4.79 Å². The minimum absolute atomic E-state index is 0.0146. The number of nitrogens with zero attached hydrogens (tertiary/aromatic N) is 1. The second-order valence-electron chi connectivity index (χ2n) is 4.30. The summed E-state index contributed by atoms with van der Waals surface area (Å²) in [7, 11) is 0. The minimum atomic E-state index is -0.161. The molecule has 1 N–H and O–H groups in total. The number of nitrogens with one attached hydrogen (secondary N) is 1. The smallest absolute Gasteiger partial charge is 0.318 e. The molecule has 0 atom stereocenters. The number of hydrogen-bond donors (Lipinski definition) is 1. The van der Waals surface area contributed by atoms with Crippen molar-refractivity contribution in [2.75, 3.05) is 13.1 Å². The molecule has 3 nitrogen and oxygen atoms in total. The molecule has 2 amide bonds. The molecule has 0 aromatic carbocycles. The summed E-state index contributed by atoms with van der Waals surface area (Å²) >= 11 is 0. The maximum atomic E-state index is 11.7. The fourth-order valence-electron chi connectivity index (χ4n) is 1.12. The maximum Gasteiger partial charge on any atom is 0.318 e. The van der Waals surface area contributed by atoms with Crippen molar-refractivity contribution in [2.45, 2.75) is 39.7 Å². The number of urea groups is 1. The minimum Gasteiger partial charge on any atom is -0.338 e.